The first-order chi connectivity index (χ1) is 9.36. The maximum absolute atomic E-state index is 4.54. The highest BCUT2D eigenvalue weighted by molar-refractivity contribution is 7.99. The number of thioether (sulfide) groups is 1. The van der Waals surface area contributed by atoms with Crippen molar-refractivity contribution in [2.75, 3.05) is 11.1 Å². The lowest BCUT2D eigenvalue weighted by atomic mass is 10.2. The molecule has 0 spiro atoms. The summed E-state index contributed by atoms with van der Waals surface area (Å²) in [6, 6.07) is 8.32. The monoisotopic (exact) mass is 274 g/mol. The number of nitrogens with zero attached hydrogens (tertiary/aromatic N) is 3. The summed E-state index contributed by atoms with van der Waals surface area (Å²) in [5.74, 6) is 1.83. The van der Waals surface area contributed by atoms with E-state index in [4.69, 9.17) is 0 Å². The Kier molecular flexibility index (Phi) is 3.82. The number of nitrogens with one attached hydrogen (secondary N) is 1. The van der Waals surface area contributed by atoms with Crippen LogP contribution in [0.25, 0.3) is 11.0 Å². The molecular weight excluding hydrogens is 256 g/mol. The van der Waals surface area contributed by atoms with Crippen LogP contribution in [0.4, 0.5) is 5.95 Å². The highest BCUT2D eigenvalue weighted by Gasteiger charge is 2.27. The van der Waals surface area contributed by atoms with E-state index in [-0.39, 0.29) is 0 Å². The van der Waals surface area contributed by atoms with E-state index >= 15 is 0 Å². The predicted octanol–water partition coefficient (Wildman–Crippen LogP) is 3.11. The van der Waals surface area contributed by atoms with Crippen molar-refractivity contribution in [1.82, 2.24) is 15.2 Å². The molecular formula is C14H18N4S. The third kappa shape index (κ3) is 2.81. The molecule has 1 aromatic heterocycles. The van der Waals surface area contributed by atoms with Crippen molar-refractivity contribution in [3.05, 3.63) is 24.3 Å². The molecule has 2 unspecified atom stereocenters. The van der Waals surface area contributed by atoms with Gasteiger partial charge in [-0.3, -0.25) is 0 Å². The summed E-state index contributed by atoms with van der Waals surface area (Å²) in [6.07, 6.45) is 3.78. The Morgan fingerprint density at radius 2 is 2.05 bits per heavy atom. The largest absolute Gasteiger partial charge is 0.349 e. The van der Waals surface area contributed by atoms with Crippen LogP contribution in [0.5, 0.6) is 0 Å². The van der Waals surface area contributed by atoms with Crippen LogP contribution in [0.1, 0.15) is 26.2 Å². The molecule has 1 heterocycles. The van der Waals surface area contributed by atoms with E-state index in [0.717, 1.165) is 11.0 Å². The minimum Gasteiger partial charge on any atom is -0.349 e. The van der Waals surface area contributed by atoms with E-state index in [1.165, 1.54) is 25.0 Å². The molecule has 0 amide bonds. The summed E-state index contributed by atoms with van der Waals surface area (Å²) in [5.41, 5.74) is 1.75. The minimum atomic E-state index is 0.480. The molecule has 0 aliphatic heterocycles. The molecule has 4 nitrogen and oxygen atoms in total. The van der Waals surface area contributed by atoms with Crippen molar-refractivity contribution in [3.8, 4) is 0 Å². The highest BCUT2D eigenvalue weighted by atomic mass is 32.2. The van der Waals surface area contributed by atoms with Crippen LogP contribution < -0.4 is 5.32 Å². The molecule has 2 aromatic rings. The van der Waals surface area contributed by atoms with E-state index in [1.807, 2.05) is 36.0 Å². The second-order valence-electron chi connectivity index (χ2n) is 4.80. The van der Waals surface area contributed by atoms with Crippen molar-refractivity contribution >= 4 is 28.7 Å². The number of rotatable bonds is 4. The molecule has 5 heteroatoms. The first kappa shape index (κ1) is 12.7. The standard InChI is InChI=1S/C14H18N4S/c1-2-19-13-9-5-8-12(13)16-14-15-10-6-3-4-7-11(10)17-18-14/h3-4,6-7,12-13H,2,5,8-9H2,1H3,(H,15,16,18). The van der Waals surface area contributed by atoms with Gasteiger partial charge in [-0.2, -0.15) is 11.8 Å². The van der Waals surface area contributed by atoms with Crippen molar-refractivity contribution in [3.63, 3.8) is 0 Å². The summed E-state index contributed by atoms with van der Waals surface area (Å²) in [7, 11) is 0. The zero-order chi connectivity index (χ0) is 13.1. The molecule has 2 atom stereocenters. The Balaban J connectivity index is 1.77. The number of para-hydroxylation sites is 1. The van der Waals surface area contributed by atoms with E-state index < -0.39 is 0 Å². The van der Waals surface area contributed by atoms with Crippen LogP contribution in [0.15, 0.2) is 24.3 Å². The Morgan fingerprint density at radius 1 is 1.21 bits per heavy atom. The zero-order valence-corrected chi connectivity index (χ0v) is 11.9. The van der Waals surface area contributed by atoms with Gasteiger partial charge in [-0.05, 0) is 30.7 Å². The molecule has 3 rings (SSSR count). The van der Waals surface area contributed by atoms with Crippen molar-refractivity contribution in [1.29, 1.82) is 0 Å². The Bertz CT molecular complexity index is 560. The van der Waals surface area contributed by atoms with Crippen LogP contribution >= 0.6 is 11.8 Å². The van der Waals surface area contributed by atoms with Gasteiger partial charge in [0.05, 0.1) is 5.52 Å². The van der Waals surface area contributed by atoms with Gasteiger partial charge in [-0.1, -0.05) is 25.5 Å². The maximum Gasteiger partial charge on any atom is 0.243 e. The van der Waals surface area contributed by atoms with Gasteiger partial charge < -0.3 is 5.32 Å². The molecule has 19 heavy (non-hydrogen) atoms. The van der Waals surface area contributed by atoms with Crippen molar-refractivity contribution in [2.24, 2.45) is 0 Å². The zero-order valence-electron chi connectivity index (χ0n) is 11.0. The number of anilines is 1. The van der Waals surface area contributed by atoms with Gasteiger partial charge in [-0.25, -0.2) is 4.98 Å². The third-order valence-corrected chi connectivity index (χ3v) is 4.83. The quantitative estimate of drug-likeness (QED) is 0.928. The van der Waals surface area contributed by atoms with E-state index in [9.17, 15) is 0 Å². The van der Waals surface area contributed by atoms with E-state index in [0.29, 0.717) is 17.2 Å². The first-order valence-corrected chi connectivity index (χ1v) is 7.89. The van der Waals surface area contributed by atoms with Crippen LogP contribution in [0.2, 0.25) is 0 Å². The molecule has 1 aliphatic carbocycles. The summed E-state index contributed by atoms with van der Waals surface area (Å²) < 4.78 is 0. The average Bonchev–Trinajstić information content (AvgIpc) is 2.86. The second-order valence-corrected chi connectivity index (χ2v) is 6.32. The summed E-state index contributed by atoms with van der Waals surface area (Å²) >= 11 is 2.03. The van der Waals surface area contributed by atoms with Gasteiger partial charge in [0.15, 0.2) is 0 Å². The Morgan fingerprint density at radius 3 is 2.89 bits per heavy atom. The average molecular weight is 274 g/mol. The van der Waals surface area contributed by atoms with Gasteiger partial charge in [0, 0.05) is 11.3 Å². The lowest BCUT2D eigenvalue weighted by Crippen LogP contribution is -2.27. The van der Waals surface area contributed by atoms with Crippen LogP contribution in [0, 0.1) is 0 Å². The van der Waals surface area contributed by atoms with Crippen LogP contribution in [-0.4, -0.2) is 32.2 Å². The van der Waals surface area contributed by atoms with Crippen molar-refractivity contribution in [2.45, 2.75) is 37.5 Å². The molecule has 0 radical (unpaired) electrons. The molecule has 1 saturated carbocycles. The lowest BCUT2D eigenvalue weighted by molar-refractivity contribution is 0.752. The third-order valence-electron chi connectivity index (χ3n) is 3.51. The molecule has 100 valence electrons. The number of fused-ring (bicyclic) bond motifs is 1. The van der Waals surface area contributed by atoms with Crippen LogP contribution in [0.3, 0.4) is 0 Å². The summed E-state index contributed by atoms with van der Waals surface area (Å²) in [6.45, 7) is 2.22. The molecule has 1 fully saturated rings. The van der Waals surface area contributed by atoms with Gasteiger partial charge >= 0.3 is 0 Å². The molecule has 0 saturated heterocycles. The highest BCUT2D eigenvalue weighted by Crippen LogP contribution is 2.31. The van der Waals surface area contributed by atoms with Crippen molar-refractivity contribution < 1.29 is 0 Å². The number of hydrogen-bond acceptors (Lipinski definition) is 5. The van der Waals surface area contributed by atoms with E-state index in [1.54, 1.807) is 0 Å². The first-order valence-electron chi connectivity index (χ1n) is 6.84. The number of hydrogen-bond donors (Lipinski definition) is 1. The number of benzene rings is 1. The minimum absolute atomic E-state index is 0.480. The van der Waals surface area contributed by atoms with Gasteiger partial charge in [0.2, 0.25) is 5.95 Å². The SMILES string of the molecule is CCSC1CCCC1Nc1nnc2ccccc2n1. The lowest BCUT2D eigenvalue weighted by Gasteiger charge is -2.19. The molecule has 1 aliphatic rings. The molecule has 0 bridgehead atoms. The maximum atomic E-state index is 4.54. The fourth-order valence-corrected chi connectivity index (χ4v) is 3.81. The van der Waals surface area contributed by atoms with Gasteiger partial charge in [0.1, 0.15) is 5.52 Å². The van der Waals surface area contributed by atoms with Gasteiger partial charge in [-0.15, -0.1) is 10.2 Å². The smallest absolute Gasteiger partial charge is 0.243 e. The van der Waals surface area contributed by atoms with E-state index in [2.05, 4.69) is 27.4 Å². The topological polar surface area (TPSA) is 50.7 Å². The number of aromatic nitrogens is 3. The Hall–Kier alpha value is -1.36. The van der Waals surface area contributed by atoms with Gasteiger partial charge in [0.25, 0.3) is 0 Å². The predicted molar refractivity (Wildman–Crippen MR) is 80.5 cm³/mol. The Labute approximate surface area is 117 Å². The van der Waals surface area contributed by atoms with Crippen LogP contribution in [-0.2, 0) is 0 Å². The summed E-state index contributed by atoms with van der Waals surface area (Å²) in [4.78, 5) is 4.54. The summed E-state index contributed by atoms with van der Waals surface area (Å²) in [5, 5.41) is 12.5. The fraction of sp³-hybridized carbons (Fsp3) is 0.500. The second kappa shape index (κ2) is 5.74. The molecule has 1 N–H and O–H groups in total. The normalized spacial score (nSPS) is 22.8. The fourth-order valence-electron chi connectivity index (χ4n) is 2.61. The molecule has 1 aromatic carbocycles.